The Hall–Kier alpha value is -1.35. The Kier molecular flexibility index (Phi) is 4.70. The van der Waals surface area contributed by atoms with Crippen molar-refractivity contribution in [2.45, 2.75) is 26.8 Å². The van der Waals surface area contributed by atoms with Crippen LogP contribution in [-0.2, 0) is 4.74 Å². The molecular weight excluding hydrogens is 214 g/mol. The lowest BCUT2D eigenvalue weighted by molar-refractivity contribution is 0.0416. The molecule has 0 aliphatic rings. The minimum absolute atomic E-state index is 0.227. The predicted octanol–water partition coefficient (Wildman–Crippen LogP) is 2.41. The van der Waals surface area contributed by atoms with E-state index in [1.165, 1.54) is 0 Å². The summed E-state index contributed by atoms with van der Waals surface area (Å²) in [6.07, 6.45) is 0. The van der Waals surface area contributed by atoms with Crippen molar-refractivity contribution in [3.05, 3.63) is 34.9 Å². The molecule has 1 rings (SSSR count). The first-order chi connectivity index (χ1) is 7.90. The van der Waals surface area contributed by atoms with Crippen LogP contribution in [0.15, 0.2) is 18.2 Å². The second kappa shape index (κ2) is 5.82. The van der Waals surface area contributed by atoms with Gasteiger partial charge in [-0.1, -0.05) is 17.2 Å². The summed E-state index contributed by atoms with van der Waals surface area (Å²) in [6, 6.07) is 5.98. The van der Waals surface area contributed by atoms with Gasteiger partial charge in [-0.25, -0.2) is 4.79 Å². The highest BCUT2D eigenvalue weighted by Crippen LogP contribution is 2.10. The van der Waals surface area contributed by atoms with Crippen LogP contribution in [0.3, 0.4) is 0 Å². The monoisotopic (exact) mass is 235 g/mol. The summed E-state index contributed by atoms with van der Waals surface area (Å²) in [5, 5.41) is 0. The molecule has 0 N–H and O–H groups in total. The molecule has 0 aliphatic heterocycles. The minimum Gasteiger partial charge on any atom is -0.460 e. The molecule has 3 nitrogen and oxygen atoms in total. The van der Waals surface area contributed by atoms with Gasteiger partial charge >= 0.3 is 5.97 Å². The van der Waals surface area contributed by atoms with E-state index in [1.54, 1.807) is 0 Å². The Balaban J connectivity index is 2.64. The molecule has 0 saturated heterocycles. The van der Waals surface area contributed by atoms with Gasteiger partial charge in [0.05, 0.1) is 5.56 Å². The number of rotatable bonds is 4. The number of nitrogens with zero attached hydrogens (tertiary/aromatic N) is 1. The zero-order chi connectivity index (χ0) is 13.0. The van der Waals surface area contributed by atoms with Gasteiger partial charge in [0.25, 0.3) is 0 Å². The molecule has 0 aromatic heterocycles. The molecule has 1 aromatic carbocycles. The molecule has 0 amide bonds. The van der Waals surface area contributed by atoms with Gasteiger partial charge in [-0.2, -0.15) is 0 Å². The van der Waals surface area contributed by atoms with E-state index in [0.29, 0.717) is 12.2 Å². The summed E-state index contributed by atoms with van der Waals surface area (Å²) >= 11 is 0. The average molecular weight is 235 g/mol. The number of hydrogen-bond acceptors (Lipinski definition) is 3. The van der Waals surface area contributed by atoms with Crippen LogP contribution in [0.5, 0.6) is 0 Å². The summed E-state index contributed by atoms with van der Waals surface area (Å²) in [5.74, 6) is -0.245. The van der Waals surface area contributed by atoms with E-state index < -0.39 is 0 Å². The predicted molar refractivity (Wildman–Crippen MR) is 69.3 cm³/mol. The molecule has 94 valence electrons. The Morgan fingerprint density at radius 2 is 1.76 bits per heavy atom. The fourth-order valence-electron chi connectivity index (χ4n) is 1.52. The van der Waals surface area contributed by atoms with Crippen LogP contribution in [0.25, 0.3) is 0 Å². The first-order valence-electron chi connectivity index (χ1n) is 5.82. The van der Waals surface area contributed by atoms with Crippen LogP contribution in [0.4, 0.5) is 0 Å². The normalized spacial score (nSPS) is 12.6. The molecule has 0 aliphatic carbocycles. The molecule has 0 heterocycles. The standard InChI is InChI=1S/C14H21NO2/c1-10-6-11(2)8-13(7-10)14(16)17-9-12(3)15(4)5/h6-8,12H,9H2,1-5H3. The third kappa shape index (κ3) is 4.19. The lowest BCUT2D eigenvalue weighted by Crippen LogP contribution is -2.30. The minimum atomic E-state index is -0.245. The fraction of sp³-hybridized carbons (Fsp3) is 0.500. The van der Waals surface area contributed by atoms with E-state index in [1.807, 2.05) is 58.0 Å². The van der Waals surface area contributed by atoms with E-state index in [9.17, 15) is 4.79 Å². The maximum atomic E-state index is 11.8. The van der Waals surface area contributed by atoms with Crippen molar-refractivity contribution < 1.29 is 9.53 Å². The SMILES string of the molecule is Cc1cc(C)cc(C(=O)OCC(C)N(C)C)c1. The zero-order valence-electron chi connectivity index (χ0n) is 11.3. The van der Waals surface area contributed by atoms with Crippen LogP contribution in [0.2, 0.25) is 0 Å². The molecule has 0 radical (unpaired) electrons. The van der Waals surface area contributed by atoms with Gasteiger partial charge in [0.1, 0.15) is 6.61 Å². The number of carbonyl (C=O) groups excluding carboxylic acids is 1. The van der Waals surface area contributed by atoms with Crippen LogP contribution in [-0.4, -0.2) is 37.6 Å². The summed E-state index contributed by atoms with van der Waals surface area (Å²) in [5.41, 5.74) is 2.80. The van der Waals surface area contributed by atoms with Gasteiger partial charge in [0, 0.05) is 6.04 Å². The van der Waals surface area contributed by atoms with Gasteiger partial charge in [0.2, 0.25) is 0 Å². The van der Waals surface area contributed by atoms with Crippen LogP contribution in [0.1, 0.15) is 28.4 Å². The van der Waals surface area contributed by atoms with Crippen molar-refractivity contribution in [2.75, 3.05) is 20.7 Å². The lowest BCUT2D eigenvalue weighted by Gasteiger charge is -2.19. The molecule has 3 heteroatoms. The van der Waals surface area contributed by atoms with Crippen LogP contribution >= 0.6 is 0 Å². The number of hydrogen-bond donors (Lipinski definition) is 0. The third-order valence-electron chi connectivity index (χ3n) is 2.79. The Morgan fingerprint density at radius 1 is 1.24 bits per heavy atom. The smallest absolute Gasteiger partial charge is 0.338 e. The number of likely N-dealkylation sites (N-methyl/N-ethyl adjacent to an activating group) is 1. The Morgan fingerprint density at radius 3 is 2.24 bits per heavy atom. The largest absolute Gasteiger partial charge is 0.460 e. The van der Waals surface area contributed by atoms with Crippen LogP contribution in [0, 0.1) is 13.8 Å². The second-order valence-electron chi connectivity index (χ2n) is 4.79. The molecule has 1 aromatic rings. The van der Waals surface area contributed by atoms with Gasteiger partial charge in [-0.15, -0.1) is 0 Å². The molecule has 0 spiro atoms. The maximum Gasteiger partial charge on any atom is 0.338 e. The molecule has 0 saturated carbocycles. The van der Waals surface area contributed by atoms with E-state index in [2.05, 4.69) is 0 Å². The van der Waals surface area contributed by atoms with E-state index >= 15 is 0 Å². The number of benzene rings is 1. The number of aryl methyl sites for hydroxylation is 2. The van der Waals surface area contributed by atoms with Crippen molar-refractivity contribution in [3.8, 4) is 0 Å². The van der Waals surface area contributed by atoms with Crippen molar-refractivity contribution in [1.82, 2.24) is 4.90 Å². The highest BCUT2D eigenvalue weighted by molar-refractivity contribution is 5.89. The zero-order valence-corrected chi connectivity index (χ0v) is 11.3. The Bertz CT molecular complexity index is 379. The highest BCUT2D eigenvalue weighted by atomic mass is 16.5. The summed E-state index contributed by atoms with van der Waals surface area (Å²) < 4.78 is 5.28. The average Bonchev–Trinajstić information content (AvgIpc) is 2.23. The highest BCUT2D eigenvalue weighted by Gasteiger charge is 2.11. The van der Waals surface area contributed by atoms with E-state index in [4.69, 9.17) is 4.74 Å². The lowest BCUT2D eigenvalue weighted by atomic mass is 10.1. The first-order valence-corrected chi connectivity index (χ1v) is 5.82. The second-order valence-corrected chi connectivity index (χ2v) is 4.79. The van der Waals surface area contributed by atoms with Crippen molar-refractivity contribution in [3.63, 3.8) is 0 Å². The van der Waals surface area contributed by atoms with E-state index in [0.717, 1.165) is 11.1 Å². The summed E-state index contributed by atoms with van der Waals surface area (Å²) in [4.78, 5) is 13.9. The Labute approximate surface area is 103 Å². The third-order valence-corrected chi connectivity index (χ3v) is 2.79. The topological polar surface area (TPSA) is 29.5 Å². The molecule has 1 unspecified atom stereocenters. The van der Waals surface area contributed by atoms with Gasteiger partial charge in [-0.05, 0) is 47.0 Å². The number of esters is 1. The van der Waals surface area contributed by atoms with Gasteiger partial charge in [0.15, 0.2) is 0 Å². The fourth-order valence-corrected chi connectivity index (χ4v) is 1.52. The molecular formula is C14H21NO2. The van der Waals surface area contributed by atoms with Crippen molar-refractivity contribution in [2.24, 2.45) is 0 Å². The van der Waals surface area contributed by atoms with Crippen molar-refractivity contribution >= 4 is 5.97 Å². The maximum absolute atomic E-state index is 11.8. The quantitative estimate of drug-likeness (QED) is 0.751. The van der Waals surface area contributed by atoms with Gasteiger partial charge in [-0.3, -0.25) is 0 Å². The summed E-state index contributed by atoms with van der Waals surface area (Å²) in [7, 11) is 3.94. The number of ether oxygens (including phenoxy) is 1. The van der Waals surface area contributed by atoms with Crippen LogP contribution < -0.4 is 0 Å². The molecule has 0 fully saturated rings. The number of carbonyl (C=O) groups is 1. The van der Waals surface area contributed by atoms with E-state index in [-0.39, 0.29) is 12.0 Å². The molecule has 1 atom stereocenters. The summed E-state index contributed by atoms with van der Waals surface area (Å²) in [6.45, 7) is 6.39. The van der Waals surface area contributed by atoms with Gasteiger partial charge < -0.3 is 9.64 Å². The molecule has 17 heavy (non-hydrogen) atoms. The molecule has 0 bridgehead atoms. The van der Waals surface area contributed by atoms with Crippen molar-refractivity contribution in [1.29, 1.82) is 0 Å². The first kappa shape index (κ1) is 13.7.